The van der Waals surface area contributed by atoms with Gasteiger partial charge in [-0.25, -0.2) is 5.57 Å². The number of hydrogen-bond acceptors (Lipinski definition) is 0. The van der Waals surface area contributed by atoms with Gasteiger partial charge in [0.1, 0.15) is 8.07 Å². The van der Waals surface area contributed by atoms with Crippen molar-refractivity contribution < 1.29 is 58.9 Å². The predicted octanol–water partition coefficient (Wildman–Crippen LogP) is 16.0. The molecule has 0 fully saturated rings. The van der Waals surface area contributed by atoms with Gasteiger partial charge >= 0.3 is 21.7 Å². The third-order valence-corrected chi connectivity index (χ3v) is 26.8. The Balaban J connectivity index is 0.00000254. The largest absolute Gasteiger partial charge is 4.00 e. The second kappa shape index (κ2) is 32.1. The zero-order valence-corrected chi connectivity index (χ0v) is 63.3. The molecule has 0 N–H and O–H groups in total. The van der Waals surface area contributed by atoms with Gasteiger partial charge in [-0.1, -0.05) is 390 Å². The van der Waals surface area contributed by atoms with E-state index in [1.165, 1.54) is 60.1 Å². The predicted molar refractivity (Wildman–Crippen MR) is 428 cm³/mol. The van der Waals surface area contributed by atoms with E-state index in [1.54, 1.807) is 0 Å². The van der Waals surface area contributed by atoms with Crippen molar-refractivity contribution in [1.82, 2.24) is 0 Å². The Morgan fingerprint density at radius 3 is 0.500 bits per heavy atom. The maximum atomic E-state index is 4.80. The maximum absolute atomic E-state index is 4.80. The summed E-state index contributed by atoms with van der Waals surface area (Å²) in [6.45, 7) is 9.86. The summed E-state index contributed by atoms with van der Waals surface area (Å²) in [5, 5.41) is 2.88. The molecule has 1 atom stereocenters. The van der Waals surface area contributed by atoms with Crippen molar-refractivity contribution in [3.05, 3.63) is 405 Å². The smallest absolute Gasteiger partial charge is 1.00 e. The molecule has 0 radical (unpaired) electrons. The molecule has 0 spiro atoms. The molecule has 15 aromatic rings. The van der Waals surface area contributed by atoms with Crippen LogP contribution in [0.4, 0.5) is 0 Å². The zero-order valence-electron chi connectivity index (χ0n) is 58.5. The van der Waals surface area contributed by atoms with Gasteiger partial charge in [-0.3, -0.25) is 6.08 Å². The molecule has 15 aromatic carbocycles. The summed E-state index contributed by atoms with van der Waals surface area (Å²) >= 11 is 0. The van der Waals surface area contributed by atoms with Crippen molar-refractivity contribution in [2.24, 2.45) is 0 Å². The molecule has 0 aromatic heterocycles. The van der Waals surface area contributed by atoms with E-state index in [0.29, 0.717) is 0 Å². The van der Waals surface area contributed by atoms with E-state index < -0.39 is 13.1 Å². The van der Waals surface area contributed by atoms with Crippen LogP contribution >= 0.6 is 0 Å². The normalized spacial score (nSPS) is 13.1. The minimum Gasteiger partial charge on any atom is -1.00 e. The van der Waals surface area contributed by atoms with Crippen molar-refractivity contribution in [2.45, 2.75) is 32.7 Å². The molecule has 5 heteroatoms. The summed E-state index contributed by atoms with van der Waals surface area (Å²) in [7, 11) is -4.80. The van der Waals surface area contributed by atoms with Crippen LogP contribution in [0, 0.1) is 6.08 Å². The molecule has 0 nitrogen and oxygen atoms in total. The fourth-order valence-corrected chi connectivity index (χ4v) is 23.7. The van der Waals surface area contributed by atoms with Crippen LogP contribution in [0.5, 0.6) is 0 Å². The fraction of sp³-hybridized carbons (Fsp3) is 0.0505. The molecule has 1 aliphatic rings. The van der Waals surface area contributed by atoms with Crippen LogP contribution in [0.25, 0.3) is 134 Å². The quantitative estimate of drug-likeness (QED) is 0.0514. The molecule has 0 bridgehead atoms. The Bertz CT molecular complexity index is 4680. The Morgan fingerprint density at radius 1 is 0.221 bits per heavy atom. The van der Waals surface area contributed by atoms with Gasteiger partial charge in [-0.2, -0.15) is 11.1 Å². The van der Waals surface area contributed by atoms with Crippen molar-refractivity contribution in [3.8, 4) is 134 Å². The van der Waals surface area contributed by atoms with Crippen LogP contribution in [0.3, 0.4) is 0 Å². The molecule has 1 aliphatic carbocycles. The first kappa shape index (κ1) is 73.3. The molecule has 0 saturated heterocycles. The Hall–Kier alpha value is -10.4. The molecule has 0 amide bonds. The number of hydrogen-bond donors (Lipinski definition) is 0. The molecular weight excluding hydrogens is 1370 g/mol. The monoisotopic (exact) mass is 1440 g/mol. The van der Waals surface area contributed by atoms with Gasteiger partial charge in [0.25, 0.3) is 0 Å². The van der Waals surface area contributed by atoms with Crippen LogP contribution in [0.2, 0.25) is 5.04 Å². The SMILES string of the molecule is CC1=[C-]C(C)([Si](c2c(-c3ccccc3)c(-c3ccccc3)cc(-c3ccccc3)c2-c2ccccc2)(c2c(-c3ccccc3)c(-c3ccccc3)cc(-c3ccccc3)c2-c2ccccc2)c2c(-c3ccccc3)c(-c3ccccc3)cc(-c3ccccc3)c2-c2ccccc2)C(C)=C1C.[Cl-].[Cl-].[Cl-].[Ti+4]. The molecule has 16 rings (SSSR count). The molecule has 500 valence electrons. The fourth-order valence-electron chi connectivity index (χ4n) is 16.4. The van der Waals surface area contributed by atoms with E-state index in [0.717, 1.165) is 106 Å². The van der Waals surface area contributed by atoms with E-state index in [2.05, 4.69) is 410 Å². The average molecular weight is 1450 g/mol. The first-order chi connectivity index (χ1) is 49.3. The standard InChI is InChI=1S/C99H75Si.3ClH.Ti/c1-69-68-99(4,71(3)70(69)2)100(96-90(78-53-29-11-30-54-78)84(72-41-17-5-18-42-72)65-85(73-43-19-6-20-44-73)91(96)79-55-31-12-32-56-79,97-92(80-57-33-13-34-58-80)86(74-45-21-7-22-46-74)66-87(75-47-23-8-24-48-75)93(97)81-59-35-14-36-60-81)98-94(82-61-37-15-38-62-82)88(76-49-25-9-26-50-76)67-89(77-51-27-10-28-52-77)95(98)83-63-39-16-40-64-83;;;;/h5-67H,1-4H3;3*1H;/q-1;;;;+4/p-3. The minimum atomic E-state index is -4.80. The zero-order chi connectivity index (χ0) is 67.6. The van der Waals surface area contributed by atoms with Crippen molar-refractivity contribution >= 4 is 23.6 Å². The second-order valence-corrected chi connectivity index (χ2v) is 30.6. The summed E-state index contributed by atoms with van der Waals surface area (Å²) in [4.78, 5) is 0. The molecule has 0 heterocycles. The first-order valence-corrected chi connectivity index (χ1v) is 36.9. The van der Waals surface area contributed by atoms with Crippen molar-refractivity contribution in [3.63, 3.8) is 0 Å². The average Bonchev–Trinajstić information content (AvgIpc) is 1.65. The van der Waals surface area contributed by atoms with E-state index in [4.69, 9.17) is 6.08 Å². The molecule has 1 unspecified atom stereocenters. The van der Waals surface area contributed by atoms with Gasteiger partial charge in [-0.05, 0) is 167 Å². The summed E-state index contributed by atoms with van der Waals surface area (Å²) in [5.74, 6) is 0. The third kappa shape index (κ3) is 13.1. The number of allylic oxidation sites excluding steroid dienone is 4. The minimum absolute atomic E-state index is 0. The molecular formula is C99H75Cl3SiTi. The topological polar surface area (TPSA) is 0 Å². The van der Waals surface area contributed by atoms with Gasteiger partial charge in [0.2, 0.25) is 0 Å². The Labute approximate surface area is 648 Å². The van der Waals surface area contributed by atoms with Crippen LogP contribution in [0.1, 0.15) is 27.7 Å². The van der Waals surface area contributed by atoms with Gasteiger partial charge in [0, 0.05) is 0 Å². The number of rotatable bonds is 16. The first-order valence-electron chi connectivity index (χ1n) is 34.9. The summed E-state index contributed by atoms with van der Waals surface area (Å²) < 4.78 is 0. The molecule has 0 aliphatic heterocycles. The summed E-state index contributed by atoms with van der Waals surface area (Å²) in [6.07, 6.45) is 4.80. The third-order valence-electron chi connectivity index (χ3n) is 21.1. The van der Waals surface area contributed by atoms with Gasteiger partial charge in [0.15, 0.2) is 0 Å². The van der Waals surface area contributed by atoms with Crippen LogP contribution in [0.15, 0.2) is 399 Å². The van der Waals surface area contributed by atoms with Gasteiger partial charge in [-0.15, -0.1) is 6.92 Å². The van der Waals surface area contributed by atoms with Gasteiger partial charge in [0.05, 0.1) is 0 Å². The Kier molecular flexibility index (Phi) is 22.6. The maximum Gasteiger partial charge on any atom is 4.00 e. The second-order valence-electron chi connectivity index (χ2n) is 26.6. The van der Waals surface area contributed by atoms with E-state index in [-0.39, 0.29) is 58.9 Å². The summed E-state index contributed by atoms with van der Waals surface area (Å²) in [5.41, 5.74) is 31.2. The van der Waals surface area contributed by atoms with Crippen molar-refractivity contribution in [2.75, 3.05) is 0 Å². The van der Waals surface area contributed by atoms with E-state index >= 15 is 0 Å². The van der Waals surface area contributed by atoms with E-state index in [9.17, 15) is 0 Å². The van der Waals surface area contributed by atoms with Crippen molar-refractivity contribution in [1.29, 1.82) is 0 Å². The van der Waals surface area contributed by atoms with Gasteiger partial charge < -0.3 is 37.2 Å². The summed E-state index contributed by atoms with van der Waals surface area (Å²) in [6, 6.07) is 145. The number of halogens is 3. The number of benzene rings is 15. The van der Waals surface area contributed by atoms with Crippen LogP contribution in [-0.2, 0) is 21.7 Å². The molecule has 0 saturated carbocycles. The molecule has 104 heavy (non-hydrogen) atoms. The Morgan fingerprint density at radius 2 is 0.365 bits per heavy atom. The van der Waals surface area contributed by atoms with E-state index in [1.807, 2.05) is 0 Å². The van der Waals surface area contributed by atoms with Crippen LogP contribution in [-0.4, -0.2) is 8.07 Å². The van der Waals surface area contributed by atoms with Crippen LogP contribution < -0.4 is 52.8 Å².